The molecule has 18 nitrogen and oxygen atoms in total. The number of hydrogen-bond acceptors (Lipinski definition) is 16. The number of hydrogen-bond donors (Lipinski definition) is 0. The van der Waals surface area contributed by atoms with Crippen molar-refractivity contribution < 1.29 is 76.3 Å². The van der Waals surface area contributed by atoms with Gasteiger partial charge in [-0.15, -0.1) is 6.42 Å². The Labute approximate surface area is 406 Å². The van der Waals surface area contributed by atoms with Crippen LogP contribution in [0.5, 0.6) is 23.0 Å². The van der Waals surface area contributed by atoms with Gasteiger partial charge in [0.2, 0.25) is 0 Å². The quantitative estimate of drug-likeness (QED) is 0.0345. The van der Waals surface area contributed by atoms with Crippen LogP contribution in [0.4, 0.5) is 9.59 Å². The van der Waals surface area contributed by atoms with Crippen molar-refractivity contribution in [1.82, 2.24) is 9.80 Å². The van der Waals surface area contributed by atoms with E-state index in [1.807, 2.05) is 0 Å². The van der Waals surface area contributed by atoms with Gasteiger partial charge in [-0.2, -0.15) is 0 Å². The minimum Gasteiger partial charge on any atom is -0.459 e. The number of nitrogens with zero attached hydrogens (tertiary/aromatic N) is 2. The Kier molecular flexibility index (Phi) is 20.9. The van der Waals surface area contributed by atoms with Gasteiger partial charge in [-0.3, -0.25) is 9.59 Å². The van der Waals surface area contributed by atoms with Gasteiger partial charge < -0.3 is 47.7 Å². The second-order valence-corrected chi connectivity index (χ2v) is 16.7. The van der Waals surface area contributed by atoms with Gasteiger partial charge in [0.05, 0.1) is 11.8 Å². The van der Waals surface area contributed by atoms with Crippen molar-refractivity contribution in [2.45, 2.75) is 77.6 Å². The van der Waals surface area contributed by atoms with Crippen molar-refractivity contribution in [2.24, 2.45) is 23.7 Å². The zero-order valence-corrected chi connectivity index (χ0v) is 39.3. The summed E-state index contributed by atoms with van der Waals surface area (Å²) in [5, 5.41) is 0. The Morgan fingerprint density at radius 2 is 1.04 bits per heavy atom. The van der Waals surface area contributed by atoms with Gasteiger partial charge >= 0.3 is 48.0 Å². The number of benzene rings is 2. The Morgan fingerprint density at radius 3 is 1.46 bits per heavy atom. The molecule has 70 heavy (non-hydrogen) atoms. The smallest absolute Gasteiger partial charge is 0.415 e. The van der Waals surface area contributed by atoms with Crippen LogP contribution in [0.3, 0.4) is 0 Å². The Bertz CT molecular complexity index is 2350. The number of rotatable bonds is 19. The fourth-order valence-corrected chi connectivity index (χ4v) is 8.05. The predicted octanol–water partition coefficient (Wildman–Crippen LogP) is 7.02. The van der Waals surface area contributed by atoms with E-state index < -0.39 is 53.9 Å². The predicted molar refractivity (Wildman–Crippen MR) is 249 cm³/mol. The van der Waals surface area contributed by atoms with Gasteiger partial charge in [0.25, 0.3) is 0 Å². The topological polar surface area (TPSA) is 217 Å². The van der Waals surface area contributed by atoms with Crippen LogP contribution in [0.2, 0.25) is 0 Å². The molecule has 5 rings (SSSR count). The van der Waals surface area contributed by atoms with Crippen LogP contribution in [0.15, 0.2) is 61.7 Å². The van der Waals surface area contributed by atoms with Crippen LogP contribution in [-0.2, 0) is 38.1 Å². The lowest BCUT2D eigenvalue weighted by atomic mass is 9.80. The molecule has 0 radical (unpaired) electrons. The van der Waals surface area contributed by atoms with Gasteiger partial charge in [0.1, 0.15) is 60.6 Å². The molecular formula is C52H58N2O16. The third-order valence-corrected chi connectivity index (χ3v) is 12.0. The number of ether oxygens (including phenoxy) is 8. The maximum Gasteiger partial charge on any atom is 0.415 e. The molecule has 0 unspecified atom stereocenters. The molecule has 1 heterocycles. The average molecular weight is 967 g/mol. The minimum absolute atomic E-state index is 0.0158. The molecule has 1 saturated heterocycles. The third kappa shape index (κ3) is 16.3. The fraction of sp³-hybridized carbons (Fsp3) is 0.462. The molecule has 2 saturated carbocycles. The van der Waals surface area contributed by atoms with Gasteiger partial charge in [-0.05, 0) is 106 Å². The van der Waals surface area contributed by atoms with Gasteiger partial charge in [-0.1, -0.05) is 45.3 Å². The molecular weight excluding hydrogens is 909 g/mol. The van der Waals surface area contributed by atoms with E-state index in [0.29, 0.717) is 44.4 Å². The van der Waals surface area contributed by atoms with E-state index in [-0.39, 0.29) is 98.6 Å². The summed E-state index contributed by atoms with van der Waals surface area (Å²) < 4.78 is 42.9. The number of terminal acetylenes is 1. The van der Waals surface area contributed by atoms with Crippen molar-refractivity contribution >= 4 is 48.0 Å². The van der Waals surface area contributed by atoms with E-state index in [1.54, 1.807) is 0 Å². The summed E-state index contributed by atoms with van der Waals surface area (Å²) in [6.07, 6.45) is 14.3. The number of carbonyl (C=O) groups excluding carboxylic acids is 8. The summed E-state index contributed by atoms with van der Waals surface area (Å²) in [6.45, 7) is 7.65. The van der Waals surface area contributed by atoms with Crippen molar-refractivity contribution in [1.29, 1.82) is 0 Å². The molecule has 2 aliphatic carbocycles. The second-order valence-electron chi connectivity index (χ2n) is 16.7. The second kappa shape index (κ2) is 27.4. The zero-order chi connectivity index (χ0) is 50.4. The molecule has 0 N–H and O–H groups in total. The molecule has 0 spiro atoms. The number of carbonyl (C=O) groups is 8. The van der Waals surface area contributed by atoms with Crippen LogP contribution >= 0.6 is 0 Å². The molecule has 2 aromatic carbocycles. The van der Waals surface area contributed by atoms with E-state index >= 15 is 0 Å². The molecule has 3 aliphatic rings. The Hall–Kier alpha value is -7.60. The van der Waals surface area contributed by atoms with Gasteiger partial charge in [0.15, 0.2) is 0 Å². The highest BCUT2D eigenvalue weighted by Crippen LogP contribution is 2.35. The van der Waals surface area contributed by atoms with Crippen molar-refractivity contribution in [3.63, 3.8) is 0 Å². The fourth-order valence-electron chi connectivity index (χ4n) is 8.05. The van der Waals surface area contributed by atoms with Gasteiger partial charge in [-0.25, -0.2) is 28.8 Å². The summed E-state index contributed by atoms with van der Waals surface area (Å²) in [6, 6.07) is 7.75. The van der Waals surface area contributed by atoms with Crippen molar-refractivity contribution in [3.8, 4) is 47.2 Å². The molecule has 0 atom stereocenters. The summed E-state index contributed by atoms with van der Waals surface area (Å²) in [7, 11) is 0. The van der Waals surface area contributed by atoms with Crippen LogP contribution < -0.4 is 18.9 Å². The summed E-state index contributed by atoms with van der Waals surface area (Å²) in [5.74, 6) is 3.01. The van der Waals surface area contributed by atoms with Crippen LogP contribution in [0.1, 0.15) is 98.3 Å². The molecule has 2 aromatic rings. The van der Waals surface area contributed by atoms with Crippen LogP contribution in [-0.4, -0.2) is 110 Å². The van der Waals surface area contributed by atoms with Crippen molar-refractivity contribution in [2.75, 3.05) is 52.6 Å². The molecule has 1 aliphatic heterocycles. The summed E-state index contributed by atoms with van der Waals surface area (Å²) >= 11 is 0. The highest BCUT2D eigenvalue weighted by atomic mass is 16.6. The number of amides is 2. The third-order valence-electron chi connectivity index (χ3n) is 12.0. The van der Waals surface area contributed by atoms with Crippen LogP contribution in [0.25, 0.3) is 0 Å². The summed E-state index contributed by atoms with van der Waals surface area (Å²) in [4.78, 5) is 105. The lowest BCUT2D eigenvalue weighted by Crippen LogP contribution is -2.52. The first-order chi connectivity index (χ1) is 33.8. The molecule has 18 heteroatoms. The van der Waals surface area contributed by atoms with E-state index in [1.165, 1.54) is 46.2 Å². The van der Waals surface area contributed by atoms with E-state index in [0.717, 1.165) is 44.3 Å². The highest BCUT2D eigenvalue weighted by molar-refractivity contribution is 5.95. The van der Waals surface area contributed by atoms with E-state index in [9.17, 15) is 38.4 Å². The Balaban J connectivity index is 1.19. The first-order valence-corrected chi connectivity index (χ1v) is 23.4. The lowest BCUT2D eigenvalue weighted by Gasteiger charge is -2.33. The van der Waals surface area contributed by atoms with Crippen molar-refractivity contribution in [3.05, 3.63) is 72.8 Å². The SMILES string of the molecule is C#CC#CC1CCC(C(=O)Oc2ccc(OC(=O)N3CCN(C(=O)Oc4ccc(OC(=O)C5CCC(CCCC)CC5)c(C(=O)OCCOC(=O)C=C)c4)CC3)cc2C(=O)OCCOC(=O)C=C)CC1. The highest BCUT2D eigenvalue weighted by Gasteiger charge is 2.32. The molecule has 2 amide bonds. The largest absolute Gasteiger partial charge is 0.459 e. The Morgan fingerprint density at radius 1 is 0.614 bits per heavy atom. The first kappa shape index (κ1) is 53.4. The minimum atomic E-state index is -0.947. The van der Waals surface area contributed by atoms with E-state index in [2.05, 4.69) is 37.8 Å². The first-order valence-electron chi connectivity index (χ1n) is 23.4. The molecule has 0 aromatic heterocycles. The number of esters is 6. The maximum absolute atomic E-state index is 13.4. The maximum atomic E-state index is 13.4. The number of unbranched alkanes of at least 4 members (excludes halogenated alkanes) is 1. The standard InChI is InChI=1S/C52H58N2O16/c1-5-9-11-35-13-17-37(18-14-35)47(57)69-43-23-21-39(33-41(43)49(59)65-31-29-63-45(55)7-3)67-51(61)53-25-27-54(28-26-53)52(62)68-40-22-24-44(42(34-40)50(60)66-32-30-64-46(56)8-4)70-48(58)38-19-15-36(16-20-38)12-10-6-2/h1,7-8,21-24,33-38H,3-4,6,10,12-20,25-32H2,2H3. The normalized spacial score (nSPS) is 18.5. The lowest BCUT2D eigenvalue weighted by molar-refractivity contribution is -0.141. The summed E-state index contributed by atoms with van der Waals surface area (Å²) in [5.41, 5.74) is -0.424. The molecule has 3 fully saturated rings. The van der Waals surface area contributed by atoms with E-state index in [4.69, 9.17) is 44.3 Å². The van der Waals surface area contributed by atoms with Crippen LogP contribution in [0, 0.1) is 47.9 Å². The average Bonchev–Trinajstić information content (AvgIpc) is 3.38. The zero-order valence-electron chi connectivity index (χ0n) is 39.3. The van der Waals surface area contributed by atoms with Gasteiger partial charge in [0, 0.05) is 44.2 Å². The number of piperazine rings is 1. The molecule has 0 bridgehead atoms. The monoisotopic (exact) mass is 966 g/mol. The molecule has 372 valence electrons.